The maximum atomic E-state index is 12.3. The molecule has 3 rings (SSSR count). The summed E-state index contributed by atoms with van der Waals surface area (Å²) in [5.41, 5.74) is 0.270. The predicted octanol–water partition coefficient (Wildman–Crippen LogP) is 2.17. The van der Waals surface area contributed by atoms with Gasteiger partial charge >= 0.3 is 5.00 Å². The molecule has 0 spiro atoms. The van der Waals surface area contributed by atoms with Gasteiger partial charge in [0.25, 0.3) is 11.5 Å². The number of para-hydroxylation sites is 1. The highest BCUT2D eigenvalue weighted by atomic mass is 32.1. The van der Waals surface area contributed by atoms with E-state index in [0.717, 1.165) is 11.3 Å². The van der Waals surface area contributed by atoms with Crippen molar-refractivity contribution in [3.8, 4) is 0 Å². The Morgan fingerprint density at radius 3 is 2.79 bits per heavy atom. The van der Waals surface area contributed by atoms with Gasteiger partial charge in [0.05, 0.1) is 27.2 Å². The van der Waals surface area contributed by atoms with E-state index in [0.29, 0.717) is 16.7 Å². The Kier molecular flexibility index (Phi) is 4.09. The lowest BCUT2D eigenvalue weighted by Crippen LogP contribution is -2.27. The number of thiophene rings is 1. The Morgan fingerprint density at radius 1 is 1.33 bits per heavy atom. The van der Waals surface area contributed by atoms with Gasteiger partial charge < -0.3 is 9.88 Å². The molecule has 1 amide bonds. The molecule has 0 bridgehead atoms. The molecular weight excluding hydrogens is 332 g/mol. The molecule has 0 aliphatic heterocycles. The summed E-state index contributed by atoms with van der Waals surface area (Å²) in [6, 6.07) is 9.62. The van der Waals surface area contributed by atoms with Crippen LogP contribution in [0.4, 0.5) is 5.00 Å². The van der Waals surface area contributed by atoms with Crippen LogP contribution in [0.2, 0.25) is 0 Å². The highest BCUT2D eigenvalue weighted by molar-refractivity contribution is 7.17. The standard InChI is InChI=1S/C15H12N4O4S/c1-18(15(21)11-6-7-13(24-11)19(22)23)8-12-16-10-5-3-2-4-9(10)14(20)17-12/h2-7H,8H2,1H3,(H,16,17,20). The van der Waals surface area contributed by atoms with E-state index in [1.807, 2.05) is 0 Å². The zero-order valence-corrected chi connectivity index (χ0v) is 13.4. The highest BCUT2D eigenvalue weighted by Crippen LogP contribution is 2.25. The van der Waals surface area contributed by atoms with Gasteiger partial charge in [0.1, 0.15) is 5.82 Å². The number of nitrogens with one attached hydrogen (secondary N) is 1. The molecule has 9 heteroatoms. The number of aromatic nitrogens is 2. The first-order valence-corrected chi connectivity index (χ1v) is 7.75. The number of aromatic amines is 1. The number of rotatable bonds is 4. The molecule has 8 nitrogen and oxygen atoms in total. The van der Waals surface area contributed by atoms with Crippen LogP contribution in [0.5, 0.6) is 0 Å². The van der Waals surface area contributed by atoms with Crippen molar-refractivity contribution in [3.63, 3.8) is 0 Å². The summed E-state index contributed by atoms with van der Waals surface area (Å²) >= 11 is 0.811. The molecule has 0 aliphatic rings. The maximum absolute atomic E-state index is 12.3. The predicted molar refractivity (Wildman–Crippen MR) is 89.1 cm³/mol. The normalized spacial score (nSPS) is 10.7. The number of benzene rings is 1. The van der Waals surface area contributed by atoms with Crippen LogP contribution >= 0.6 is 11.3 Å². The Balaban J connectivity index is 1.83. The molecule has 24 heavy (non-hydrogen) atoms. The second-order valence-corrected chi connectivity index (χ2v) is 6.15. The summed E-state index contributed by atoms with van der Waals surface area (Å²) in [7, 11) is 1.54. The second-order valence-electron chi connectivity index (χ2n) is 5.09. The topological polar surface area (TPSA) is 109 Å². The lowest BCUT2D eigenvalue weighted by molar-refractivity contribution is -0.380. The van der Waals surface area contributed by atoms with E-state index < -0.39 is 4.92 Å². The monoisotopic (exact) mass is 344 g/mol. The van der Waals surface area contributed by atoms with Crippen LogP contribution in [0.3, 0.4) is 0 Å². The van der Waals surface area contributed by atoms with Crippen molar-refractivity contribution in [3.05, 3.63) is 67.6 Å². The van der Waals surface area contributed by atoms with Gasteiger partial charge in [-0.1, -0.05) is 23.5 Å². The zero-order chi connectivity index (χ0) is 17.3. The minimum Gasteiger partial charge on any atom is -0.334 e. The smallest absolute Gasteiger partial charge is 0.324 e. The van der Waals surface area contributed by atoms with E-state index in [-0.39, 0.29) is 27.9 Å². The first kappa shape index (κ1) is 15.8. The van der Waals surface area contributed by atoms with Crippen molar-refractivity contribution < 1.29 is 9.72 Å². The summed E-state index contributed by atoms with van der Waals surface area (Å²) in [5.74, 6) is -0.0236. The van der Waals surface area contributed by atoms with Crippen molar-refractivity contribution >= 4 is 33.1 Å². The van der Waals surface area contributed by atoms with Gasteiger partial charge in [0, 0.05) is 13.1 Å². The molecule has 2 heterocycles. The van der Waals surface area contributed by atoms with E-state index in [9.17, 15) is 19.7 Å². The number of hydrogen-bond donors (Lipinski definition) is 1. The van der Waals surface area contributed by atoms with E-state index >= 15 is 0 Å². The number of nitro groups is 1. The van der Waals surface area contributed by atoms with Crippen LogP contribution in [0.25, 0.3) is 10.9 Å². The fourth-order valence-corrected chi connectivity index (χ4v) is 3.05. The molecule has 122 valence electrons. The molecule has 0 saturated heterocycles. The average Bonchev–Trinajstić information content (AvgIpc) is 3.04. The second kappa shape index (κ2) is 6.20. The first-order chi connectivity index (χ1) is 11.5. The summed E-state index contributed by atoms with van der Waals surface area (Å²) in [4.78, 5) is 43.1. The summed E-state index contributed by atoms with van der Waals surface area (Å²) in [5, 5.41) is 11.1. The quantitative estimate of drug-likeness (QED) is 0.576. The van der Waals surface area contributed by atoms with E-state index in [1.165, 1.54) is 17.0 Å². The number of fused-ring (bicyclic) bond motifs is 1. The van der Waals surface area contributed by atoms with Gasteiger partial charge in [-0.15, -0.1) is 0 Å². The Labute approximate surface area is 139 Å². The Morgan fingerprint density at radius 2 is 2.08 bits per heavy atom. The van der Waals surface area contributed by atoms with Gasteiger partial charge in [0.15, 0.2) is 0 Å². The number of H-pyrrole nitrogens is 1. The van der Waals surface area contributed by atoms with Crippen molar-refractivity contribution in [2.24, 2.45) is 0 Å². The van der Waals surface area contributed by atoms with Crippen LogP contribution in [0.15, 0.2) is 41.2 Å². The first-order valence-electron chi connectivity index (χ1n) is 6.93. The number of amides is 1. The lowest BCUT2D eigenvalue weighted by Gasteiger charge is -2.15. The summed E-state index contributed by atoms with van der Waals surface area (Å²) < 4.78 is 0. The molecule has 0 fully saturated rings. The molecular formula is C15H12N4O4S. The minimum absolute atomic E-state index is 0.0879. The Bertz CT molecular complexity index is 994. The third-order valence-electron chi connectivity index (χ3n) is 3.38. The minimum atomic E-state index is -0.538. The van der Waals surface area contributed by atoms with Gasteiger partial charge in [-0.25, -0.2) is 4.98 Å². The van der Waals surface area contributed by atoms with Gasteiger partial charge in [0.2, 0.25) is 0 Å². The van der Waals surface area contributed by atoms with Crippen LogP contribution in [-0.2, 0) is 6.54 Å². The van der Waals surface area contributed by atoms with Crippen LogP contribution in [0, 0.1) is 10.1 Å². The van der Waals surface area contributed by atoms with Crippen molar-refractivity contribution in [2.45, 2.75) is 6.54 Å². The molecule has 1 N–H and O–H groups in total. The fourth-order valence-electron chi connectivity index (χ4n) is 2.24. The van der Waals surface area contributed by atoms with Crippen molar-refractivity contribution in [1.82, 2.24) is 14.9 Å². The third kappa shape index (κ3) is 3.01. The van der Waals surface area contributed by atoms with Gasteiger partial charge in [-0.3, -0.25) is 19.7 Å². The van der Waals surface area contributed by atoms with Crippen LogP contribution in [-0.4, -0.2) is 32.7 Å². The Hall–Kier alpha value is -3.07. The summed E-state index contributed by atoms with van der Waals surface area (Å²) in [6.45, 7) is 0.0879. The fraction of sp³-hybridized carbons (Fsp3) is 0.133. The van der Waals surface area contributed by atoms with E-state index in [2.05, 4.69) is 9.97 Å². The molecule has 3 aromatic rings. The van der Waals surface area contributed by atoms with Gasteiger partial charge in [-0.05, 0) is 18.2 Å². The molecule has 0 atom stereocenters. The molecule has 2 aromatic heterocycles. The SMILES string of the molecule is CN(Cc1nc2ccccc2c(=O)[nH]1)C(=O)c1ccc([N+](=O)[O-])s1. The molecule has 1 aromatic carbocycles. The zero-order valence-electron chi connectivity index (χ0n) is 12.6. The van der Waals surface area contributed by atoms with Crippen LogP contribution in [0.1, 0.15) is 15.5 Å². The largest absolute Gasteiger partial charge is 0.334 e. The number of carbonyl (C=O) groups is 1. The third-order valence-corrected chi connectivity index (χ3v) is 4.40. The van der Waals surface area contributed by atoms with Gasteiger partial charge in [-0.2, -0.15) is 0 Å². The van der Waals surface area contributed by atoms with Crippen molar-refractivity contribution in [2.75, 3.05) is 7.05 Å². The number of carbonyl (C=O) groups excluding carboxylic acids is 1. The highest BCUT2D eigenvalue weighted by Gasteiger charge is 2.19. The van der Waals surface area contributed by atoms with E-state index in [4.69, 9.17) is 0 Å². The maximum Gasteiger partial charge on any atom is 0.324 e. The molecule has 0 unspecified atom stereocenters. The molecule has 0 radical (unpaired) electrons. The average molecular weight is 344 g/mol. The molecule has 0 saturated carbocycles. The lowest BCUT2D eigenvalue weighted by atomic mass is 10.2. The van der Waals surface area contributed by atoms with E-state index in [1.54, 1.807) is 31.3 Å². The molecule has 0 aliphatic carbocycles. The number of nitrogens with zero attached hydrogens (tertiary/aromatic N) is 3. The number of hydrogen-bond acceptors (Lipinski definition) is 6. The van der Waals surface area contributed by atoms with Crippen LogP contribution < -0.4 is 5.56 Å². The van der Waals surface area contributed by atoms with Crippen molar-refractivity contribution in [1.29, 1.82) is 0 Å². The summed E-state index contributed by atoms with van der Waals surface area (Å²) in [6.07, 6.45) is 0.